The number of amides is 1. The Bertz CT molecular complexity index is 689. The quantitative estimate of drug-likeness (QED) is 0.936. The Morgan fingerprint density at radius 3 is 2.96 bits per heavy atom. The van der Waals surface area contributed by atoms with Crippen molar-refractivity contribution in [2.45, 2.75) is 19.8 Å². The molecule has 1 N–H and O–H groups in total. The molecule has 120 valence electrons. The van der Waals surface area contributed by atoms with Crippen molar-refractivity contribution in [3.63, 3.8) is 0 Å². The van der Waals surface area contributed by atoms with Gasteiger partial charge in [0.1, 0.15) is 11.5 Å². The molecule has 1 fully saturated rings. The van der Waals surface area contributed by atoms with Crippen molar-refractivity contribution in [2.24, 2.45) is 5.92 Å². The van der Waals surface area contributed by atoms with Gasteiger partial charge in [-0.3, -0.25) is 9.78 Å². The summed E-state index contributed by atoms with van der Waals surface area (Å²) in [4.78, 5) is 27.6. The number of rotatable bonds is 3. The van der Waals surface area contributed by atoms with Crippen molar-refractivity contribution in [3.05, 3.63) is 36.2 Å². The van der Waals surface area contributed by atoms with Crippen LogP contribution in [0.3, 0.4) is 0 Å². The molecule has 3 rings (SSSR count). The minimum atomic E-state index is 0.0160. The topological polar surface area (TPSA) is 71.0 Å². The van der Waals surface area contributed by atoms with Crippen LogP contribution in [0.15, 0.2) is 30.5 Å². The number of hydrogen-bond donors (Lipinski definition) is 1. The molecule has 2 aromatic rings. The number of carbonyl (C=O) groups is 1. The highest BCUT2D eigenvalue weighted by atomic mass is 16.1. The Morgan fingerprint density at radius 1 is 1.35 bits per heavy atom. The van der Waals surface area contributed by atoms with Crippen molar-refractivity contribution >= 4 is 11.7 Å². The van der Waals surface area contributed by atoms with Gasteiger partial charge in [0.05, 0.1) is 5.92 Å². The van der Waals surface area contributed by atoms with Crippen LogP contribution in [0.25, 0.3) is 11.5 Å². The molecule has 0 bridgehead atoms. The highest BCUT2D eigenvalue weighted by Crippen LogP contribution is 2.24. The fraction of sp³-hybridized carbons (Fsp3) is 0.412. The Labute approximate surface area is 136 Å². The Kier molecular flexibility index (Phi) is 4.50. The first-order valence-corrected chi connectivity index (χ1v) is 7.91. The monoisotopic (exact) mass is 311 g/mol. The molecule has 1 unspecified atom stereocenters. The second-order valence-corrected chi connectivity index (χ2v) is 5.81. The largest absolute Gasteiger partial charge is 0.359 e. The molecule has 0 saturated carbocycles. The Hall–Kier alpha value is -2.50. The average Bonchev–Trinajstić information content (AvgIpc) is 2.61. The maximum atomic E-state index is 11.9. The maximum absolute atomic E-state index is 11.9. The minimum absolute atomic E-state index is 0.0160. The maximum Gasteiger partial charge on any atom is 0.224 e. The van der Waals surface area contributed by atoms with Crippen LogP contribution in [0.5, 0.6) is 0 Å². The van der Waals surface area contributed by atoms with Crippen LogP contribution in [0.2, 0.25) is 0 Å². The third kappa shape index (κ3) is 3.47. The summed E-state index contributed by atoms with van der Waals surface area (Å²) in [6.07, 6.45) is 3.65. The van der Waals surface area contributed by atoms with Gasteiger partial charge >= 0.3 is 0 Å². The molecule has 0 aliphatic carbocycles. The van der Waals surface area contributed by atoms with E-state index in [1.807, 2.05) is 31.2 Å². The third-order valence-corrected chi connectivity index (χ3v) is 4.10. The summed E-state index contributed by atoms with van der Waals surface area (Å²) < 4.78 is 0. The lowest BCUT2D eigenvalue weighted by molar-refractivity contribution is -0.124. The van der Waals surface area contributed by atoms with E-state index in [1.165, 1.54) is 0 Å². The zero-order valence-electron chi connectivity index (χ0n) is 13.5. The lowest BCUT2D eigenvalue weighted by atomic mass is 9.97. The first-order chi connectivity index (χ1) is 11.2. The molecule has 0 spiro atoms. The average molecular weight is 311 g/mol. The van der Waals surface area contributed by atoms with E-state index in [0.717, 1.165) is 36.6 Å². The number of pyridine rings is 1. The van der Waals surface area contributed by atoms with Crippen molar-refractivity contribution in [2.75, 3.05) is 25.0 Å². The van der Waals surface area contributed by atoms with Gasteiger partial charge in [-0.25, -0.2) is 9.97 Å². The van der Waals surface area contributed by atoms with E-state index in [-0.39, 0.29) is 11.8 Å². The highest BCUT2D eigenvalue weighted by Gasteiger charge is 2.26. The van der Waals surface area contributed by atoms with Crippen LogP contribution < -0.4 is 10.2 Å². The van der Waals surface area contributed by atoms with Gasteiger partial charge in [0, 0.05) is 38.1 Å². The predicted molar refractivity (Wildman–Crippen MR) is 89.0 cm³/mol. The fourth-order valence-corrected chi connectivity index (χ4v) is 2.93. The number of nitrogens with zero attached hydrogens (tertiary/aromatic N) is 4. The van der Waals surface area contributed by atoms with Crippen LogP contribution in [0.1, 0.15) is 18.5 Å². The molecule has 6 heteroatoms. The van der Waals surface area contributed by atoms with E-state index in [1.54, 1.807) is 13.2 Å². The molecular weight excluding hydrogens is 290 g/mol. The smallest absolute Gasteiger partial charge is 0.224 e. The lowest BCUT2D eigenvalue weighted by Gasteiger charge is -2.32. The van der Waals surface area contributed by atoms with E-state index >= 15 is 0 Å². The van der Waals surface area contributed by atoms with Gasteiger partial charge in [-0.1, -0.05) is 6.07 Å². The van der Waals surface area contributed by atoms with Gasteiger partial charge in [-0.2, -0.15) is 0 Å². The molecule has 1 atom stereocenters. The first-order valence-electron chi connectivity index (χ1n) is 7.91. The summed E-state index contributed by atoms with van der Waals surface area (Å²) >= 11 is 0. The van der Waals surface area contributed by atoms with Crippen molar-refractivity contribution in [1.29, 1.82) is 0 Å². The molecule has 1 aliphatic heterocycles. The van der Waals surface area contributed by atoms with Gasteiger partial charge in [-0.05, 0) is 31.9 Å². The second kappa shape index (κ2) is 6.73. The highest BCUT2D eigenvalue weighted by molar-refractivity contribution is 5.79. The summed E-state index contributed by atoms with van der Waals surface area (Å²) in [5.41, 5.74) is 1.66. The summed E-state index contributed by atoms with van der Waals surface area (Å²) in [5, 5.41) is 2.75. The van der Waals surface area contributed by atoms with E-state index in [4.69, 9.17) is 0 Å². The first kappa shape index (κ1) is 15.4. The molecular formula is C17H21N5O. The number of piperidine rings is 1. The predicted octanol–water partition coefficient (Wildman–Crippen LogP) is 1.81. The van der Waals surface area contributed by atoms with Gasteiger partial charge in [0.2, 0.25) is 5.91 Å². The number of hydrogen-bond acceptors (Lipinski definition) is 5. The van der Waals surface area contributed by atoms with Gasteiger partial charge < -0.3 is 10.2 Å². The molecule has 3 heterocycles. The lowest BCUT2D eigenvalue weighted by Crippen LogP contribution is -2.42. The number of nitrogens with one attached hydrogen (secondary N) is 1. The standard InChI is InChI=1S/C17H21N5O/c1-12-10-15(21-16(20-12)14-7-3-4-8-19-14)22-9-5-6-13(11-22)17(23)18-2/h3-4,7-8,10,13H,5-6,9,11H2,1-2H3,(H,18,23). The summed E-state index contributed by atoms with van der Waals surface area (Å²) in [6, 6.07) is 7.68. The molecule has 6 nitrogen and oxygen atoms in total. The summed E-state index contributed by atoms with van der Waals surface area (Å²) in [5.74, 6) is 1.61. The van der Waals surface area contributed by atoms with Crippen molar-refractivity contribution in [3.8, 4) is 11.5 Å². The molecule has 1 amide bonds. The van der Waals surface area contributed by atoms with Crippen molar-refractivity contribution in [1.82, 2.24) is 20.3 Å². The van der Waals surface area contributed by atoms with E-state index in [0.29, 0.717) is 12.4 Å². The Morgan fingerprint density at radius 2 is 2.22 bits per heavy atom. The summed E-state index contributed by atoms with van der Waals surface area (Å²) in [6.45, 7) is 3.56. The van der Waals surface area contributed by atoms with E-state index in [9.17, 15) is 4.79 Å². The molecule has 23 heavy (non-hydrogen) atoms. The number of carbonyl (C=O) groups excluding carboxylic acids is 1. The van der Waals surface area contributed by atoms with Crippen LogP contribution in [-0.2, 0) is 4.79 Å². The normalized spacial score (nSPS) is 17.8. The zero-order valence-corrected chi connectivity index (χ0v) is 13.5. The van der Waals surface area contributed by atoms with Gasteiger partial charge in [0.15, 0.2) is 5.82 Å². The minimum Gasteiger partial charge on any atom is -0.359 e. The van der Waals surface area contributed by atoms with E-state index in [2.05, 4.69) is 25.2 Å². The van der Waals surface area contributed by atoms with E-state index < -0.39 is 0 Å². The zero-order chi connectivity index (χ0) is 16.2. The van der Waals surface area contributed by atoms with Crippen LogP contribution in [0.4, 0.5) is 5.82 Å². The van der Waals surface area contributed by atoms with Crippen LogP contribution in [0, 0.1) is 12.8 Å². The van der Waals surface area contributed by atoms with Crippen LogP contribution in [-0.4, -0.2) is 41.0 Å². The Balaban J connectivity index is 1.88. The summed E-state index contributed by atoms with van der Waals surface area (Å²) in [7, 11) is 1.69. The molecule has 2 aromatic heterocycles. The van der Waals surface area contributed by atoms with Gasteiger partial charge in [0.25, 0.3) is 0 Å². The molecule has 0 aromatic carbocycles. The number of anilines is 1. The van der Waals surface area contributed by atoms with Gasteiger partial charge in [-0.15, -0.1) is 0 Å². The molecule has 0 radical (unpaired) electrons. The third-order valence-electron chi connectivity index (χ3n) is 4.10. The SMILES string of the molecule is CNC(=O)C1CCCN(c2cc(C)nc(-c3ccccn3)n2)C1. The second-order valence-electron chi connectivity index (χ2n) is 5.81. The van der Waals surface area contributed by atoms with Crippen LogP contribution >= 0.6 is 0 Å². The van der Waals surface area contributed by atoms with Crippen molar-refractivity contribution < 1.29 is 4.79 Å². The number of aryl methyl sites for hydroxylation is 1. The number of aromatic nitrogens is 3. The molecule has 1 aliphatic rings. The fourth-order valence-electron chi connectivity index (χ4n) is 2.93. The molecule has 1 saturated heterocycles.